The molecule has 3 rings (SSSR count). The Morgan fingerprint density at radius 3 is 2.69 bits per heavy atom. The highest BCUT2D eigenvalue weighted by Gasteiger charge is 2.23. The van der Waals surface area contributed by atoms with Gasteiger partial charge in [-0.05, 0) is 48.6 Å². The van der Waals surface area contributed by atoms with Gasteiger partial charge in [0.2, 0.25) is 10.0 Å². The fourth-order valence-corrected chi connectivity index (χ4v) is 4.83. The van der Waals surface area contributed by atoms with Crippen LogP contribution in [0.15, 0.2) is 47.4 Å². The second kappa shape index (κ2) is 9.26. The van der Waals surface area contributed by atoms with Gasteiger partial charge >= 0.3 is 0 Å². The van der Waals surface area contributed by atoms with Crippen LogP contribution in [0.2, 0.25) is 5.02 Å². The summed E-state index contributed by atoms with van der Waals surface area (Å²) in [4.78, 5) is 12.6. The highest BCUT2D eigenvalue weighted by molar-refractivity contribution is 7.89. The lowest BCUT2D eigenvalue weighted by Gasteiger charge is -2.15. The van der Waals surface area contributed by atoms with Crippen LogP contribution in [0.4, 0.5) is 5.69 Å². The Bertz CT molecular complexity index is 986. The molecule has 2 aromatic rings. The number of para-hydroxylation sites is 1. The molecule has 1 fully saturated rings. The summed E-state index contributed by atoms with van der Waals surface area (Å²) < 4.78 is 33.4. The monoisotopic (exact) mass is 436 g/mol. The predicted molar refractivity (Wildman–Crippen MR) is 114 cm³/mol. The van der Waals surface area contributed by atoms with Gasteiger partial charge in [-0.1, -0.05) is 43.6 Å². The van der Waals surface area contributed by atoms with Gasteiger partial charge < -0.3 is 10.1 Å². The first-order valence-corrected chi connectivity index (χ1v) is 11.4. The first kappa shape index (κ1) is 21.8. The third-order valence-electron chi connectivity index (χ3n) is 4.84. The van der Waals surface area contributed by atoms with Crippen molar-refractivity contribution in [1.82, 2.24) is 4.72 Å². The standard InChI is InChI=1S/C21H25ClN2O4S/c1-14(2)17-7-3-4-8-19(17)24-21(25)15-9-10-18(22)20(12-15)29(26,27)23-13-16-6-5-11-28-16/h3-4,7-10,12,14,16,23H,5-6,11,13H2,1-2H3,(H,24,25). The van der Waals surface area contributed by atoms with Crippen molar-refractivity contribution in [2.45, 2.75) is 43.6 Å². The van der Waals surface area contributed by atoms with Crippen molar-refractivity contribution >= 4 is 33.2 Å². The normalized spacial score (nSPS) is 16.9. The van der Waals surface area contributed by atoms with Crippen molar-refractivity contribution in [3.8, 4) is 0 Å². The van der Waals surface area contributed by atoms with Gasteiger partial charge in [0.05, 0.1) is 11.1 Å². The average Bonchev–Trinajstić information content (AvgIpc) is 3.20. The fourth-order valence-electron chi connectivity index (χ4n) is 3.25. The van der Waals surface area contributed by atoms with Crippen LogP contribution in [-0.4, -0.2) is 33.6 Å². The van der Waals surface area contributed by atoms with E-state index in [2.05, 4.69) is 10.0 Å². The molecule has 1 aliphatic heterocycles. The number of anilines is 1. The molecule has 1 saturated heterocycles. The van der Waals surface area contributed by atoms with Crippen LogP contribution in [0.3, 0.4) is 0 Å². The minimum Gasteiger partial charge on any atom is -0.377 e. The van der Waals surface area contributed by atoms with Gasteiger partial charge in [0.1, 0.15) is 4.90 Å². The highest BCUT2D eigenvalue weighted by Crippen LogP contribution is 2.26. The molecule has 6 nitrogen and oxygen atoms in total. The molecule has 0 saturated carbocycles. The van der Waals surface area contributed by atoms with Crippen LogP contribution in [0.1, 0.15) is 48.5 Å². The van der Waals surface area contributed by atoms with E-state index in [1.54, 1.807) is 0 Å². The van der Waals surface area contributed by atoms with Crippen LogP contribution in [0, 0.1) is 0 Å². The zero-order valence-corrected chi connectivity index (χ0v) is 18.0. The number of sulfonamides is 1. The lowest BCUT2D eigenvalue weighted by Crippen LogP contribution is -2.32. The molecule has 0 radical (unpaired) electrons. The largest absolute Gasteiger partial charge is 0.377 e. The zero-order chi connectivity index (χ0) is 21.0. The molecule has 2 N–H and O–H groups in total. The Morgan fingerprint density at radius 2 is 2.00 bits per heavy atom. The van der Waals surface area contributed by atoms with Crippen LogP contribution in [-0.2, 0) is 14.8 Å². The number of benzene rings is 2. The molecule has 29 heavy (non-hydrogen) atoms. The Hall–Kier alpha value is -1.93. The number of carbonyl (C=O) groups excluding carboxylic acids is 1. The maximum absolute atomic E-state index is 12.8. The second-order valence-electron chi connectivity index (χ2n) is 7.33. The summed E-state index contributed by atoms with van der Waals surface area (Å²) in [6.45, 7) is 4.90. The third kappa shape index (κ3) is 5.36. The smallest absolute Gasteiger partial charge is 0.255 e. The molecule has 8 heteroatoms. The molecule has 1 unspecified atom stereocenters. The number of hydrogen-bond acceptors (Lipinski definition) is 4. The van der Waals surface area contributed by atoms with Crippen LogP contribution in [0.5, 0.6) is 0 Å². The summed E-state index contributed by atoms with van der Waals surface area (Å²) in [7, 11) is -3.87. The van der Waals surface area contributed by atoms with Crippen LogP contribution in [0.25, 0.3) is 0 Å². The molecule has 1 heterocycles. The van der Waals surface area contributed by atoms with Crippen molar-refractivity contribution < 1.29 is 17.9 Å². The number of hydrogen-bond donors (Lipinski definition) is 2. The summed E-state index contributed by atoms with van der Waals surface area (Å²) >= 11 is 6.13. The first-order valence-electron chi connectivity index (χ1n) is 9.59. The Morgan fingerprint density at radius 1 is 1.24 bits per heavy atom. The highest BCUT2D eigenvalue weighted by atomic mass is 35.5. The zero-order valence-electron chi connectivity index (χ0n) is 16.4. The Kier molecular flexibility index (Phi) is 6.95. The molecule has 0 spiro atoms. The number of carbonyl (C=O) groups is 1. The quantitative estimate of drug-likeness (QED) is 0.682. The molecule has 0 aliphatic carbocycles. The lowest BCUT2D eigenvalue weighted by atomic mass is 10.0. The minimum atomic E-state index is -3.87. The lowest BCUT2D eigenvalue weighted by molar-refractivity contribution is 0.102. The summed E-state index contributed by atoms with van der Waals surface area (Å²) in [5, 5.41) is 2.93. The second-order valence-corrected chi connectivity index (χ2v) is 9.47. The third-order valence-corrected chi connectivity index (χ3v) is 6.74. The van der Waals surface area contributed by atoms with E-state index in [-0.39, 0.29) is 34.0 Å². The van der Waals surface area contributed by atoms with Crippen molar-refractivity contribution in [2.75, 3.05) is 18.5 Å². The van der Waals surface area contributed by atoms with E-state index in [0.717, 1.165) is 18.4 Å². The van der Waals surface area contributed by atoms with Crippen molar-refractivity contribution in [3.05, 3.63) is 58.6 Å². The van der Waals surface area contributed by atoms with Gasteiger partial charge in [-0.2, -0.15) is 0 Å². The topological polar surface area (TPSA) is 84.5 Å². The van der Waals surface area contributed by atoms with E-state index in [1.807, 2.05) is 38.1 Å². The van der Waals surface area contributed by atoms with Crippen molar-refractivity contribution in [2.24, 2.45) is 0 Å². The van der Waals surface area contributed by atoms with E-state index in [9.17, 15) is 13.2 Å². The van der Waals surface area contributed by atoms with E-state index >= 15 is 0 Å². The van der Waals surface area contributed by atoms with Crippen LogP contribution < -0.4 is 10.0 Å². The fraction of sp³-hybridized carbons (Fsp3) is 0.381. The predicted octanol–water partition coefficient (Wildman–Crippen LogP) is 4.17. The molecular formula is C21H25ClN2O4S. The molecule has 1 atom stereocenters. The van der Waals surface area contributed by atoms with Crippen molar-refractivity contribution in [3.63, 3.8) is 0 Å². The summed E-state index contributed by atoms with van der Waals surface area (Å²) in [6, 6.07) is 11.8. The SMILES string of the molecule is CC(C)c1ccccc1NC(=O)c1ccc(Cl)c(S(=O)(=O)NCC2CCCO2)c1. The van der Waals surface area contributed by atoms with Gasteiger partial charge in [-0.3, -0.25) is 4.79 Å². The maximum Gasteiger partial charge on any atom is 0.255 e. The molecule has 1 amide bonds. The van der Waals surface area contributed by atoms with Crippen LogP contribution >= 0.6 is 11.6 Å². The summed E-state index contributed by atoms with van der Waals surface area (Å²) in [6.07, 6.45) is 1.59. The van der Waals surface area contributed by atoms with Gasteiger partial charge in [-0.15, -0.1) is 0 Å². The average molecular weight is 437 g/mol. The molecule has 1 aliphatic rings. The van der Waals surface area contributed by atoms with E-state index in [4.69, 9.17) is 16.3 Å². The van der Waals surface area contributed by atoms with Gasteiger partial charge in [0.15, 0.2) is 0 Å². The number of ether oxygens (including phenoxy) is 1. The Labute approximate surface area is 176 Å². The van der Waals surface area contributed by atoms with Gasteiger partial charge in [0, 0.05) is 24.4 Å². The Balaban J connectivity index is 1.80. The molecule has 2 aromatic carbocycles. The number of nitrogens with one attached hydrogen (secondary N) is 2. The van der Waals surface area contributed by atoms with Gasteiger partial charge in [-0.25, -0.2) is 13.1 Å². The summed E-state index contributed by atoms with van der Waals surface area (Å²) in [5.74, 6) is -0.167. The van der Waals surface area contributed by atoms with Gasteiger partial charge in [0.25, 0.3) is 5.91 Å². The van der Waals surface area contributed by atoms with E-state index < -0.39 is 15.9 Å². The maximum atomic E-state index is 12.8. The summed E-state index contributed by atoms with van der Waals surface area (Å²) in [5.41, 5.74) is 1.91. The minimum absolute atomic E-state index is 0.0592. The first-order chi connectivity index (χ1) is 13.8. The molecule has 0 bridgehead atoms. The van der Waals surface area contributed by atoms with E-state index in [1.165, 1.54) is 18.2 Å². The number of amides is 1. The molecule has 156 valence electrons. The number of rotatable bonds is 7. The van der Waals surface area contributed by atoms with Crippen molar-refractivity contribution in [1.29, 1.82) is 0 Å². The molecule has 0 aromatic heterocycles. The van der Waals surface area contributed by atoms with E-state index in [0.29, 0.717) is 12.3 Å². The molecular weight excluding hydrogens is 412 g/mol. The number of halogens is 1.